The highest BCUT2D eigenvalue weighted by atomic mass is 32.2. The maximum Gasteiger partial charge on any atom is 0.284 e. The van der Waals surface area contributed by atoms with Gasteiger partial charge >= 0.3 is 0 Å². The Labute approximate surface area is 186 Å². The fourth-order valence-electron chi connectivity index (χ4n) is 3.21. The second kappa shape index (κ2) is 9.96. The van der Waals surface area contributed by atoms with E-state index in [1.54, 1.807) is 19.1 Å². The van der Waals surface area contributed by atoms with Gasteiger partial charge in [-0.05, 0) is 43.2 Å². The Morgan fingerprint density at radius 1 is 1.03 bits per heavy atom. The van der Waals surface area contributed by atoms with Gasteiger partial charge in [-0.3, -0.25) is 9.59 Å². The average molecular weight is 464 g/mol. The van der Waals surface area contributed by atoms with Crippen molar-refractivity contribution in [3.05, 3.63) is 47.7 Å². The summed E-state index contributed by atoms with van der Waals surface area (Å²) in [6.07, 6.45) is 1.14. The van der Waals surface area contributed by atoms with Crippen LogP contribution >= 0.6 is 0 Å². The molecule has 172 valence electrons. The molecule has 10 nitrogen and oxygen atoms in total. The van der Waals surface area contributed by atoms with E-state index in [-0.39, 0.29) is 55.3 Å². The summed E-state index contributed by atoms with van der Waals surface area (Å²) in [5, 5.41) is -0.360. The normalized spacial score (nSPS) is 14.8. The van der Waals surface area contributed by atoms with Crippen LogP contribution in [0.5, 0.6) is 5.75 Å². The minimum Gasteiger partial charge on any atom is -0.484 e. The number of aryl methyl sites for hydroxylation is 1. The van der Waals surface area contributed by atoms with E-state index in [4.69, 9.17) is 14.9 Å². The first-order valence-corrected chi connectivity index (χ1v) is 11.5. The van der Waals surface area contributed by atoms with Crippen molar-refractivity contribution in [2.75, 3.05) is 32.8 Å². The zero-order valence-corrected chi connectivity index (χ0v) is 18.5. The molecule has 1 aliphatic rings. The van der Waals surface area contributed by atoms with E-state index in [9.17, 15) is 22.8 Å². The van der Waals surface area contributed by atoms with Crippen molar-refractivity contribution in [2.24, 2.45) is 5.73 Å². The number of sulfonamides is 1. The fourth-order valence-corrected chi connectivity index (χ4v) is 4.54. The maximum absolute atomic E-state index is 12.7. The molecule has 0 unspecified atom stereocenters. The molecule has 2 amide bonds. The number of piperazine rings is 1. The zero-order valence-electron chi connectivity index (χ0n) is 17.7. The summed E-state index contributed by atoms with van der Waals surface area (Å²) in [4.78, 5) is 36.2. The predicted octanol–water partition coefficient (Wildman–Crippen LogP) is 0.812. The summed E-state index contributed by atoms with van der Waals surface area (Å²) in [6.45, 7) is 1.97. The molecule has 2 heterocycles. The zero-order chi connectivity index (χ0) is 23.3. The van der Waals surface area contributed by atoms with Gasteiger partial charge in [-0.15, -0.1) is 0 Å². The molecule has 0 saturated carbocycles. The second-order valence-electron chi connectivity index (χ2n) is 7.40. The monoisotopic (exact) mass is 463 g/mol. The minimum absolute atomic E-state index is 0.0888. The summed E-state index contributed by atoms with van der Waals surface area (Å²) in [7, 11) is -3.92. The molecule has 0 atom stereocenters. The van der Waals surface area contributed by atoms with Gasteiger partial charge in [0.1, 0.15) is 11.5 Å². The first kappa shape index (κ1) is 23.5. The number of amides is 2. The number of ether oxygens (including phenoxy) is 1. The highest BCUT2D eigenvalue weighted by Crippen LogP contribution is 2.20. The Morgan fingerprint density at radius 2 is 1.69 bits per heavy atom. The van der Waals surface area contributed by atoms with Crippen LogP contribution in [0.2, 0.25) is 0 Å². The van der Waals surface area contributed by atoms with Gasteiger partial charge < -0.3 is 24.6 Å². The molecule has 0 aliphatic carbocycles. The van der Waals surface area contributed by atoms with Crippen LogP contribution in [-0.2, 0) is 26.0 Å². The van der Waals surface area contributed by atoms with Gasteiger partial charge in [0.15, 0.2) is 12.4 Å². The first-order valence-electron chi connectivity index (χ1n) is 10.1. The van der Waals surface area contributed by atoms with E-state index in [1.165, 1.54) is 21.3 Å². The Bertz CT molecular complexity index is 1080. The molecule has 1 saturated heterocycles. The lowest BCUT2D eigenvalue weighted by Gasteiger charge is -2.33. The molecular formula is C21H25N3O7S. The lowest BCUT2D eigenvalue weighted by Crippen LogP contribution is -2.51. The van der Waals surface area contributed by atoms with Crippen LogP contribution in [0.25, 0.3) is 0 Å². The summed E-state index contributed by atoms with van der Waals surface area (Å²) in [6, 6.07) is 9.59. The standard InChI is InChI=1S/C21H25N3O7S/c1-15(25)2-3-16-4-6-17(7-5-16)30-14-19(26)23-10-12-24(13-11-23)32(28,29)20-9-8-18(31-20)21(22)27/h4-9H,2-3,10-14H2,1H3,(H2,22,27). The second-order valence-corrected chi connectivity index (χ2v) is 9.27. The van der Waals surface area contributed by atoms with Gasteiger partial charge in [0.2, 0.25) is 5.09 Å². The van der Waals surface area contributed by atoms with E-state index in [2.05, 4.69) is 0 Å². The molecule has 1 aromatic heterocycles. The quantitative estimate of drug-likeness (QED) is 0.580. The number of primary amides is 1. The highest BCUT2D eigenvalue weighted by molar-refractivity contribution is 7.89. The number of nitrogens with zero attached hydrogens (tertiary/aromatic N) is 2. The summed E-state index contributed by atoms with van der Waals surface area (Å²) < 4.78 is 37.1. The van der Waals surface area contributed by atoms with Crippen LogP contribution < -0.4 is 10.5 Å². The highest BCUT2D eigenvalue weighted by Gasteiger charge is 2.32. The number of rotatable bonds is 9. The van der Waals surface area contributed by atoms with E-state index >= 15 is 0 Å². The molecule has 3 rings (SSSR count). The largest absolute Gasteiger partial charge is 0.484 e. The van der Waals surface area contributed by atoms with Crippen molar-refractivity contribution >= 4 is 27.6 Å². The number of carbonyl (C=O) groups excluding carboxylic acids is 3. The molecule has 1 aromatic carbocycles. The predicted molar refractivity (Wildman–Crippen MR) is 114 cm³/mol. The van der Waals surface area contributed by atoms with Crippen molar-refractivity contribution in [3.8, 4) is 5.75 Å². The third kappa shape index (κ3) is 5.74. The van der Waals surface area contributed by atoms with E-state index in [1.807, 2.05) is 12.1 Å². The number of furan rings is 1. The van der Waals surface area contributed by atoms with Crippen LogP contribution in [0.3, 0.4) is 0 Å². The van der Waals surface area contributed by atoms with Crippen molar-refractivity contribution in [1.29, 1.82) is 0 Å². The van der Waals surface area contributed by atoms with Crippen LogP contribution in [0.4, 0.5) is 0 Å². The third-order valence-corrected chi connectivity index (χ3v) is 6.83. The van der Waals surface area contributed by atoms with Crippen LogP contribution in [0, 0.1) is 0 Å². The molecule has 1 aliphatic heterocycles. The lowest BCUT2D eigenvalue weighted by atomic mass is 10.1. The molecule has 1 fully saturated rings. The topological polar surface area (TPSA) is 140 Å². The van der Waals surface area contributed by atoms with Crippen molar-refractivity contribution in [3.63, 3.8) is 0 Å². The van der Waals surface area contributed by atoms with Gasteiger partial charge in [-0.1, -0.05) is 12.1 Å². The van der Waals surface area contributed by atoms with Crippen LogP contribution in [0.15, 0.2) is 45.9 Å². The molecule has 11 heteroatoms. The number of benzene rings is 1. The number of hydrogen-bond donors (Lipinski definition) is 1. The van der Waals surface area contributed by atoms with E-state index in [0.717, 1.165) is 5.56 Å². The fraction of sp³-hybridized carbons (Fsp3) is 0.381. The number of ketones is 1. The van der Waals surface area contributed by atoms with Crippen molar-refractivity contribution < 1.29 is 32.0 Å². The molecule has 0 radical (unpaired) electrons. The summed E-state index contributed by atoms with van der Waals surface area (Å²) in [5.41, 5.74) is 6.10. The smallest absolute Gasteiger partial charge is 0.284 e. The SMILES string of the molecule is CC(=O)CCc1ccc(OCC(=O)N2CCN(S(=O)(=O)c3ccc(C(N)=O)o3)CC2)cc1. The first-order chi connectivity index (χ1) is 15.2. The maximum atomic E-state index is 12.7. The average Bonchev–Trinajstić information content (AvgIpc) is 3.28. The molecule has 2 aromatic rings. The molecular weight excluding hydrogens is 438 g/mol. The molecule has 32 heavy (non-hydrogen) atoms. The number of nitrogens with two attached hydrogens (primary N) is 1. The lowest BCUT2D eigenvalue weighted by molar-refractivity contribution is -0.134. The number of hydrogen-bond acceptors (Lipinski definition) is 7. The Hall–Kier alpha value is -3.18. The van der Waals surface area contributed by atoms with Gasteiger partial charge in [0.05, 0.1) is 0 Å². The Morgan fingerprint density at radius 3 is 2.25 bits per heavy atom. The van der Waals surface area contributed by atoms with E-state index < -0.39 is 15.9 Å². The van der Waals surface area contributed by atoms with E-state index in [0.29, 0.717) is 18.6 Å². The minimum atomic E-state index is -3.92. The number of Topliss-reactive ketones (excluding diaryl/α,β-unsaturated/α-hetero) is 1. The Balaban J connectivity index is 1.48. The van der Waals surface area contributed by atoms with Crippen molar-refractivity contribution in [1.82, 2.24) is 9.21 Å². The molecule has 0 bridgehead atoms. The van der Waals surface area contributed by atoms with Gasteiger partial charge in [-0.25, -0.2) is 8.42 Å². The summed E-state index contributed by atoms with van der Waals surface area (Å²) in [5.74, 6) is -0.677. The third-order valence-electron chi connectivity index (χ3n) is 5.06. The molecule has 2 N–H and O–H groups in total. The number of carbonyl (C=O) groups is 3. The summed E-state index contributed by atoms with van der Waals surface area (Å²) >= 11 is 0. The van der Waals surface area contributed by atoms with Gasteiger partial charge in [0.25, 0.3) is 21.8 Å². The van der Waals surface area contributed by atoms with Crippen molar-refractivity contribution in [2.45, 2.75) is 24.9 Å². The molecule has 0 spiro atoms. The van der Waals surface area contributed by atoms with Crippen LogP contribution in [-0.4, -0.2) is 68.0 Å². The van der Waals surface area contributed by atoms with Crippen LogP contribution in [0.1, 0.15) is 29.5 Å². The Kier molecular flexibility index (Phi) is 7.31. The van der Waals surface area contributed by atoms with Gasteiger partial charge in [0, 0.05) is 32.6 Å². The van der Waals surface area contributed by atoms with Gasteiger partial charge in [-0.2, -0.15) is 4.31 Å².